The van der Waals surface area contributed by atoms with Crippen LogP contribution in [0, 0.1) is 17.8 Å². The summed E-state index contributed by atoms with van der Waals surface area (Å²) in [7, 11) is 3.18. The summed E-state index contributed by atoms with van der Waals surface area (Å²) in [6.07, 6.45) is 5.71. The number of carbonyl (C=O) groups is 4. The molecule has 0 spiro atoms. The van der Waals surface area contributed by atoms with Crippen LogP contribution in [0.4, 0.5) is 5.69 Å². The maximum atomic E-state index is 14.3. The minimum absolute atomic E-state index is 0.123. The van der Waals surface area contributed by atoms with E-state index in [-0.39, 0.29) is 30.0 Å². The first kappa shape index (κ1) is 33.4. The number of anilines is 1. The molecule has 2 heterocycles. The number of likely N-dealkylation sites (tertiary alicyclic amines) is 1. The van der Waals surface area contributed by atoms with E-state index >= 15 is 0 Å². The molecule has 4 amide bonds. The van der Waals surface area contributed by atoms with Gasteiger partial charge in [-0.05, 0) is 60.7 Å². The number of hydrogen-bond donors (Lipinski definition) is 1. The molecule has 2 aliphatic heterocycles. The maximum absolute atomic E-state index is 14.3. The second kappa shape index (κ2) is 12.3. The van der Waals surface area contributed by atoms with Gasteiger partial charge in [-0.2, -0.15) is 0 Å². The molecule has 3 aromatic carbocycles. The van der Waals surface area contributed by atoms with E-state index in [9.17, 15) is 24.3 Å². The molecule has 2 saturated heterocycles. The summed E-state index contributed by atoms with van der Waals surface area (Å²) >= 11 is 17.7. The van der Waals surface area contributed by atoms with Crippen LogP contribution in [0.2, 0.25) is 0 Å². The van der Waals surface area contributed by atoms with Crippen molar-refractivity contribution >= 4 is 80.6 Å². The number of alkyl halides is 3. The summed E-state index contributed by atoms with van der Waals surface area (Å²) < 4.78 is 10.8. The van der Waals surface area contributed by atoms with Crippen molar-refractivity contribution < 1.29 is 33.8 Å². The fraction of sp³-hybridized carbons (Fsp3) is 0.297. The van der Waals surface area contributed by atoms with Crippen molar-refractivity contribution in [1.82, 2.24) is 4.90 Å². The Morgan fingerprint density at radius 3 is 2.33 bits per heavy atom. The van der Waals surface area contributed by atoms with Crippen molar-refractivity contribution in [2.45, 2.75) is 28.5 Å². The quantitative estimate of drug-likeness (QED) is 0.0962. The number of methoxy groups -OCH3 is 2. The maximum Gasteiger partial charge on any atom is 0.254 e. The number of nitrogens with zero attached hydrogens (tertiary/aromatic N) is 2. The summed E-state index contributed by atoms with van der Waals surface area (Å²) in [5.41, 5.74) is 2.87. The fourth-order valence-electron chi connectivity index (χ4n) is 7.97. The van der Waals surface area contributed by atoms with Gasteiger partial charge in [-0.3, -0.25) is 29.0 Å². The standard InChI is InChI=1S/C37H31BrCl2N2O7/c1-48-23-13-16-29(49-2)21(17-23)10-7-20-8-11-22(12-9-20)42-32(44)26-15-14-24-27(30(26)33(42)45)18-36(39)34(46)41(19-38)35(47)37(36,40)31(24)25-5-3-4-6-28(25)43/h3-14,16-17,26-27,30-31,43H,15,18-19H2,1-2H3. The van der Waals surface area contributed by atoms with Crippen molar-refractivity contribution in [3.63, 3.8) is 0 Å². The monoisotopic (exact) mass is 764 g/mol. The smallest absolute Gasteiger partial charge is 0.254 e. The Morgan fingerprint density at radius 1 is 0.918 bits per heavy atom. The number of phenolic OH excluding ortho intramolecular Hbond substituents is 1. The van der Waals surface area contributed by atoms with Gasteiger partial charge in [0.05, 0.1) is 37.2 Å². The molecule has 0 radical (unpaired) electrons. The average Bonchev–Trinajstić information content (AvgIpc) is 3.45. The van der Waals surface area contributed by atoms with Crippen LogP contribution in [0.5, 0.6) is 17.2 Å². The number of phenols is 1. The van der Waals surface area contributed by atoms with Crippen molar-refractivity contribution in [2.75, 3.05) is 24.6 Å². The first-order chi connectivity index (χ1) is 23.5. The van der Waals surface area contributed by atoms with Gasteiger partial charge < -0.3 is 14.6 Å². The summed E-state index contributed by atoms with van der Waals surface area (Å²) in [5, 5.41) is 11.0. The molecule has 6 atom stereocenters. The van der Waals surface area contributed by atoms with E-state index < -0.39 is 51.1 Å². The SMILES string of the molecule is COc1ccc(OC)c(C=Cc2ccc(N3C(=O)C4CC=C5C(CC6(Cl)C(=O)N(CBr)C(=O)C6(Cl)C5c5ccccc5O)C4C3=O)cc2)c1. The first-order valence-electron chi connectivity index (χ1n) is 15.7. The molecule has 1 N–H and O–H groups in total. The zero-order valence-electron chi connectivity index (χ0n) is 26.4. The highest BCUT2D eigenvalue weighted by atomic mass is 79.9. The molecular weight excluding hydrogens is 735 g/mol. The molecule has 2 aliphatic carbocycles. The minimum atomic E-state index is -1.98. The summed E-state index contributed by atoms with van der Waals surface area (Å²) in [4.78, 5) is 54.2. The lowest BCUT2D eigenvalue weighted by Gasteiger charge is -2.50. The van der Waals surface area contributed by atoms with Gasteiger partial charge in [-0.25, -0.2) is 0 Å². The first-order valence-corrected chi connectivity index (χ1v) is 17.5. The van der Waals surface area contributed by atoms with Crippen molar-refractivity contribution in [2.24, 2.45) is 17.8 Å². The number of fused-ring (bicyclic) bond motifs is 4. The zero-order chi connectivity index (χ0) is 34.8. The summed E-state index contributed by atoms with van der Waals surface area (Å²) in [5.74, 6) is -4.16. The number of halogens is 3. The molecule has 0 aromatic heterocycles. The Bertz CT molecular complexity index is 1970. The predicted molar refractivity (Wildman–Crippen MR) is 189 cm³/mol. The van der Waals surface area contributed by atoms with Gasteiger partial charge in [0.2, 0.25) is 11.8 Å². The third kappa shape index (κ3) is 4.86. The molecule has 3 aromatic rings. The van der Waals surface area contributed by atoms with Crippen LogP contribution in [0.15, 0.2) is 78.4 Å². The van der Waals surface area contributed by atoms with Crippen molar-refractivity contribution in [3.8, 4) is 17.2 Å². The van der Waals surface area contributed by atoms with Crippen LogP contribution in [-0.4, -0.2) is 63.1 Å². The van der Waals surface area contributed by atoms with Gasteiger partial charge in [0, 0.05) is 17.0 Å². The van der Waals surface area contributed by atoms with Crippen molar-refractivity contribution in [3.05, 3.63) is 95.1 Å². The lowest BCUT2D eigenvalue weighted by Crippen LogP contribution is -2.60. The zero-order valence-corrected chi connectivity index (χ0v) is 29.5. The Morgan fingerprint density at radius 2 is 1.65 bits per heavy atom. The van der Waals surface area contributed by atoms with Crippen LogP contribution >= 0.6 is 39.1 Å². The summed E-state index contributed by atoms with van der Waals surface area (Å²) in [6.45, 7) is 0. The Hall–Kier alpha value is -4.12. The van der Waals surface area contributed by atoms with Gasteiger partial charge in [0.25, 0.3) is 11.8 Å². The second-order valence-electron chi connectivity index (χ2n) is 12.6. The number of rotatable bonds is 7. The number of hydrogen-bond acceptors (Lipinski definition) is 7. The van der Waals surface area contributed by atoms with Crippen LogP contribution in [0.25, 0.3) is 12.2 Å². The number of para-hydroxylation sites is 1. The third-order valence-electron chi connectivity index (χ3n) is 10.3. The van der Waals surface area contributed by atoms with E-state index in [4.69, 9.17) is 32.7 Å². The number of ether oxygens (including phenoxy) is 2. The topological polar surface area (TPSA) is 113 Å². The molecule has 12 heteroatoms. The van der Waals surface area contributed by atoms with E-state index in [1.54, 1.807) is 44.6 Å². The normalized spacial score (nSPS) is 29.2. The minimum Gasteiger partial charge on any atom is -0.508 e. The predicted octanol–water partition coefficient (Wildman–Crippen LogP) is 6.50. The highest BCUT2D eigenvalue weighted by molar-refractivity contribution is 9.09. The number of carbonyl (C=O) groups excluding carboxylic acids is 4. The molecule has 4 aliphatic rings. The van der Waals surface area contributed by atoms with Crippen molar-refractivity contribution in [1.29, 1.82) is 0 Å². The number of allylic oxidation sites excluding steroid dienone is 2. The fourth-order valence-corrected chi connectivity index (χ4v) is 9.39. The lowest BCUT2D eigenvalue weighted by molar-refractivity contribution is -0.138. The third-order valence-corrected chi connectivity index (χ3v) is 12.2. The number of aromatic hydroxyl groups is 1. The van der Waals surface area contributed by atoms with Crippen LogP contribution in [0.1, 0.15) is 35.4 Å². The van der Waals surface area contributed by atoms with E-state index in [1.807, 2.05) is 48.6 Å². The largest absolute Gasteiger partial charge is 0.508 e. The number of amides is 4. The van der Waals surface area contributed by atoms with Crippen LogP contribution in [-0.2, 0) is 19.2 Å². The lowest BCUT2D eigenvalue weighted by atomic mass is 9.56. The second-order valence-corrected chi connectivity index (χ2v) is 14.3. The van der Waals surface area contributed by atoms with E-state index in [2.05, 4.69) is 15.9 Å². The van der Waals surface area contributed by atoms with E-state index in [0.29, 0.717) is 28.3 Å². The summed E-state index contributed by atoms with van der Waals surface area (Å²) in [6, 6.07) is 19.0. The van der Waals surface area contributed by atoms with E-state index in [0.717, 1.165) is 16.0 Å². The van der Waals surface area contributed by atoms with E-state index in [1.165, 1.54) is 11.0 Å². The molecule has 49 heavy (non-hydrogen) atoms. The number of imide groups is 2. The number of benzene rings is 3. The molecule has 3 fully saturated rings. The van der Waals surface area contributed by atoms with Gasteiger partial charge in [0.1, 0.15) is 17.2 Å². The van der Waals surface area contributed by atoms with Crippen LogP contribution in [0.3, 0.4) is 0 Å². The molecule has 9 nitrogen and oxygen atoms in total. The molecule has 0 bridgehead atoms. The Kier molecular flexibility index (Phi) is 8.40. The average molecular weight is 766 g/mol. The molecular formula is C37H31BrCl2N2O7. The molecule has 7 rings (SSSR count). The Labute approximate surface area is 301 Å². The van der Waals surface area contributed by atoms with Gasteiger partial charge in [-0.1, -0.05) is 70.1 Å². The molecule has 6 unspecified atom stereocenters. The Balaban J connectivity index is 1.23. The van der Waals surface area contributed by atoms with Gasteiger partial charge in [-0.15, -0.1) is 23.2 Å². The van der Waals surface area contributed by atoms with Gasteiger partial charge in [0.15, 0.2) is 9.75 Å². The highest BCUT2D eigenvalue weighted by Gasteiger charge is 2.76. The molecule has 252 valence electrons. The molecule has 1 saturated carbocycles. The van der Waals surface area contributed by atoms with Crippen LogP contribution < -0.4 is 14.4 Å². The van der Waals surface area contributed by atoms with Gasteiger partial charge >= 0.3 is 0 Å². The highest BCUT2D eigenvalue weighted by Crippen LogP contribution is 2.66.